The molecule has 0 radical (unpaired) electrons. The van der Waals surface area contributed by atoms with Crippen LogP contribution >= 0.6 is 0 Å². The summed E-state index contributed by atoms with van der Waals surface area (Å²) in [7, 11) is 5.51. The molecule has 1 rings (SSSR count). The summed E-state index contributed by atoms with van der Waals surface area (Å²) in [6.45, 7) is 2.81. The van der Waals surface area contributed by atoms with Crippen molar-refractivity contribution in [2.45, 2.75) is 37.3 Å². The third kappa shape index (κ3) is 2.40. The van der Waals surface area contributed by atoms with Crippen LogP contribution in [0.15, 0.2) is 0 Å². The summed E-state index contributed by atoms with van der Waals surface area (Å²) in [6.07, 6.45) is 1.37. The maximum absolute atomic E-state index is 12.5. The second kappa shape index (κ2) is 5.95. The lowest BCUT2D eigenvalue weighted by Crippen LogP contribution is -2.65. The highest BCUT2D eigenvalue weighted by molar-refractivity contribution is 6.13. The van der Waals surface area contributed by atoms with Crippen molar-refractivity contribution in [1.29, 1.82) is 0 Å². The predicted octanol–water partition coefficient (Wildman–Crippen LogP) is -0.676. The van der Waals surface area contributed by atoms with Gasteiger partial charge >= 0.3 is 0 Å². The lowest BCUT2D eigenvalue weighted by atomic mass is 9.99. The summed E-state index contributed by atoms with van der Waals surface area (Å²) < 4.78 is 16.0. The number of carbonyl (C=O) groups is 1. The number of hydrogen-bond acceptors (Lipinski definition) is 4. The van der Waals surface area contributed by atoms with E-state index in [-0.39, 0.29) is 12.0 Å². The minimum Gasteiger partial charge on any atom is -0.375 e. The van der Waals surface area contributed by atoms with Gasteiger partial charge in [-0.05, 0) is 12.8 Å². The fourth-order valence-electron chi connectivity index (χ4n) is 2.32. The third-order valence-corrected chi connectivity index (χ3v) is 5.07. The number of amides is 1. The van der Waals surface area contributed by atoms with Gasteiger partial charge in [0.25, 0.3) is 11.7 Å². The van der Waals surface area contributed by atoms with Crippen molar-refractivity contribution in [3.8, 4) is 0 Å². The van der Waals surface area contributed by atoms with Gasteiger partial charge in [-0.25, -0.2) is 0 Å². The number of rotatable bonds is 5. The molecule has 0 bridgehead atoms. The molecule has 1 heterocycles. The predicted molar refractivity (Wildman–Crippen MR) is 67.9 cm³/mol. The van der Waals surface area contributed by atoms with Crippen molar-refractivity contribution in [3.63, 3.8) is 0 Å². The zero-order valence-corrected chi connectivity index (χ0v) is 13.4. The topological polar surface area (TPSA) is 48.0 Å². The van der Waals surface area contributed by atoms with Crippen molar-refractivity contribution < 1.29 is 19.0 Å². The van der Waals surface area contributed by atoms with Gasteiger partial charge in [0.1, 0.15) is 6.10 Å². The molecule has 1 amide bonds. The van der Waals surface area contributed by atoms with E-state index in [4.69, 9.17) is 14.2 Å². The van der Waals surface area contributed by atoms with E-state index in [0.717, 1.165) is 23.1 Å². The first-order valence-corrected chi connectivity index (χ1v) is 7.17. The van der Waals surface area contributed by atoms with Gasteiger partial charge in [0.05, 0.1) is 0 Å². The summed E-state index contributed by atoms with van der Waals surface area (Å²) in [5.41, 5.74) is 0.324. The molecule has 0 aromatic carbocycles. The quantitative estimate of drug-likeness (QED) is 0.486. The first-order chi connectivity index (χ1) is 8.07. The Kier molecular flexibility index (Phi) is 5.12. The summed E-state index contributed by atoms with van der Waals surface area (Å²) in [6, 6.07) is 0. The fraction of sp³-hybridized carbons (Fsp3) is 0.909. The van der Waals surface area contributed by atoms with Crippen LogP contribution in [0, 0.1) is 0 Å². The molecular formula is C11H23NO4Si. The molecule has 0 spiro atoms. The molecule has 100 valence electrons. The molecule has 0 aliphatic carbocycles. The van der Waals surface area contributed by atoms with Crippen molar-refractivity contribution in [1.82, 2.24) is 4.90 Å². The highest BCUT2D eigenvalue weighted by atomic mass is 28.1. The van der Waals surface area contributed by atoms with Crippen molar-refractivity contribution in [3.05, 3.63) is 0 Å². The molecule has 17 heavy (non-hydrogen) atoms. The van der Waals surface area contributed by atoms with Crippen molar-refractivity contribution in [2.24, 2.45) is 0 Å². The highest BCUT2D eigenvalue weighted by Crippen LogP contribution is 2.30. The van der Waals surface area contributed by atoms with Crippen LogP contribution in [0.5, 0.6) is 0 Å². The monoisotopic (exact) mass is 261 g/mol. The molecule has 1 fully saturated rings. The maximum atomic E-state index is 12.5. The Balaban J connectivity index is 2.99. The van der Waals surface area contributed by atoms with Crippen LogP contribution in [0.4, 0.5) is 0 Å². The normalized spacial score (nSPS) is 26.2. The number of piperidine rings is 1. The lowest BCUT2D eigenvalue weighted by molar-refractivity contribution is -0.269. The van der Waals surface area contributed by atoms with E-state index >= 15 is 0 Å². The molecule has 0 saturated carbocycles. The molecule has 0 aromatic rings. The third-order valence-electron chi connectivity index (χ3n) is 3.63. The Morgan fingerprint density at radius 1 is 1.47 bits per heavy atom. The van der Waals surface area contributed by atoms with E-state index in [1.54, 1.807) is 7.11 Å². The number of carbonyl (C=O) groups excluding carboxylic acids is 1. The van der Waals surface area contributed by atoms with Gasteiger partial charge in [0.2, 0.25) is 0 Å². The van der Waals surface area contributed by atoms with E-state index in [0.29, 0.717) is 12.2 Å². The highest BCUT2D eigenvalue weighted by Gasteiger charge is 2.53. The van der Waals surface area contributed by atoms with Crippen LogP contribution in [-0.2, 0) is 19.0 Å². The van der Waals surface area contributed by atoms with Crippen LogP contribution in [0.1, 0.15) is 19.8 Å². The second-order valence-electron chi connectivity index (χ2n) is 4.34. The summed E-state index contributed by atoms with van der Waals surface area (Å²) in [5.74, 6) is -1.38. The number of nitrogens with zero attached hydrogens (tertiary/aromatic N) is 1. The van der Waals surface area contributed by atoms with Crippen molar-refractivity contribution in [2.75, 3.05) is 27.9 Å². The Hall–Kier alpha value is -0.433. The number of ether oxygens (including phenoxy) is 3. The first kappa shape index (κ1) is 14.6. The van der Waals surface area contributed by atoms with Gasteiger partial charge in [-0.2, -0.15) is 0 Å². The maximum Gasteiger partial charge on any atom is 0.285 e. The zero-order valence-electron chi connectivity index (χ0n) is 11.4. The average Bonchev–Trinajstić information content (AvgIpc) is 2.37. The molecule has 0 N–H and O–H groups in total. The van der Waals surface area contributed by atoms with E-state index in [1.807, 2.05) is 4.90 Å². The Morgan fingerprint density at radius 2 is 2.06 bits per heavy atom. The SMILES string of the molecule is CCC([SiH3])N1CCC(OC)C(OC)(OC)C1=O. The lowest BCUT2D eigenvalue weighted by Gasteiger charge is -2.45. The molecule has 1 saturated heterocycles. The minimum atomic E-state index is -1.27. The Morgan fingerprint density at radius 3 is 2.47 bits per heavy atom. The number of likely N-dealkylation sites (tertiary alicyclic amines) is 1. The molecule has 5 nitrogen and oxygen atoms in total. The number of methoxy groups -OCH3 is 3. The molecule has 2 atom stereocenters. The molecular weight excluding hydrogens is 238 g/mol. The summed E-state index contributed by atoms with van der Waals surface area (Å²) >= 11 is 0. The minimum absolute atomic E-state index is 0.109. The summed E-state index contributed by atoms with van der Waals surface area (Å²) in [5, 5.41) is 0. The van der Waals surface area contributed by atoms with Gasteiger partial charge in [-0.15, -0.1) is 0 Å². The van der Waals surface area contributed by atoms with Crippen LogP contribution < -0.4 is 0 Å². The van der Waals surface area contributed by atoms with E-state index in [2.05, 4.69) is 6.92 Å². The van der Waals surface area contributed by atoms with Crippen LogP contribution in [0.3, 0.4) is 0 Å². The fourth-order valence-corrected chi connectivity index (χ4v) is 2.81. The van der Waals surface area contributed by atoms with Crippen molar-refractivity contribution >= 4 is 16.1 Å². The first-order valence-electron chi connectivity index (χ1n) is 6.01. The van der Waals surface area contributed by atoms with Crippen LogP contribution in [0.25, 0.3) is 0 Å². The Labute approximate surface area is 106 Å². The molecule has 6 heteroatoms. The smallest absolute Gasteiger partial charge is 0.285 e. The van der Waals surface area contributed by atoms with Gasteiger partial charge in [-0.3, -0.25) is 4.79 Å². The van der Waals surface area contributed by atoms with Gasteiger partial charge in [0, 0.05) is 43.8 Å². The average molecular weight is 261 g/mol. The molecule has 0 aromatic heterocycles. The van der Waals surface area contributed by atoms with Gasteiger partial charge < -0.3 is 19.1 Å². The second-order valence-corrected chi connectivity index (χ2v) is 5.68. The molecule has 1 aliphatic rings. The van der Waals surface area contributed by atoms with Gasteiger partial charge in [0.15, 0.2) is 0 Å². The zero-order chi connectivity index (χ0) is 13.1. The largest absolute Gasteiger partial charge is 0.375 e. The standard InChI is InChI=1S/C11H23NO4Si/c1-5-9(17)12-7-6-8(14-2)11(15-3,16-4)10(12)13/h8-9H,5-7H2,1-4,17H3. The van der Waals surface area contributed by atoms with Gasteiger partial charge in [-0.1, -0.05) is 6.92 Å². The molecule has 1 aliphatic heterocycles. The van der Waals surface area contributed by atoms with Crippen LogP contribution in [0.2, 0.25) is 0 Å². The van der Waals surface area contributed by atoms with Crippen LogP contribution in [-0.4, -0.2) is 66.5 Å². The van der Waals surface area contributed by atoms with E-state index in [9.17, 15) is 4.79 Å². The number of hydrogen-bond donors (Lipinski definition) is 0. The van der Waals surface area contributed by atoms with E-state index < -0.39 is 5.79 Å². The van der Waals surface area contributed by atoms with E-state index in [1.165, 1.54) is 14.2 Å². The molecule has 2 unspecified atom stereocenters. The summed E-state index contributed by atoms with van der Waals surface area (Å²) in [4.78, 5) is 14.4. The Bertz CT molecular complexity index is 270.